The molecule has 0 aliphatic heterocycles. The minimum Gasteiger partial charge on any atom is -0.478 e. The van der Waals surface area contributed by atoms with Crippen LogP contribution in [0.4, 0.5) is 0 Å². The SMILES string of the molecule is Cn1c(Cc2cnccc2C(=O)O)nc2ccccc21. The van der Waals surface area contributed by atoms with Crippen molar-refractivity contribution in [1.82, 2.24) is 14.5 Å². The molecule has 0 saturated carbocycles. The van der Waals surface area contributed by atoms with Gasteiger partial charge in [0.2, 0.25) is 0 Å². The highest BCUT2D eigenvalue weighted by atomic mass is 16.4. The van der Waals surface area contributed by atoms with Crippen LogP contribution in [-0.4, -0.2) is 25.6 Å². The number of benzene rings is 1. The number of carboxylic acid groups (broad SMARTS) is 1. The van der Waals surface area contributed by atoms with Crippen LogP contribution in [0.25, 0.3) is 11.0 Å². The first-order valence-corrected chi connectivity index (χ1v) is 6.23. The van der Waals surface area contributed by atoms with Crippen molar-refractivity contribution in [2.45, 2.75) is 6.42 Å². The summed E-state index contributed by atoms with van der Waals surface area (Å²) in [5.74, 6) is -0.122. The Hall–Kier alpha value is -2.69. The first-order chi connectivity index (χ1) is 9.66. The van der Waals surface area contributed by atoms with Gasteiger partial charge in [-0.2, -0.15) is 0 Å². The van der Waals surface area contributed by atoms with E-state index < -0.39 is 5.97 Å². The molecule has 0 aliphatic rings. The molecule has 2 heterocycles. The zero-order valence-corrected chi connectivity index (χ0v) is 10.9. The van der Waals surface area contributed by atoms with Crippen molar-refractivity contribution in [3.8, 4) is 0 Å². The van der Waals surface area contributed by atoms with Crippen LogP contribution in [0.5, 0.6) is 0 Å². The third-order valence-corrected chi connectivity index (χ3v) is 3.36. The maximum atomic E-state index is 11.2. The van der Waals surface area contributed by atoms with E-state index in [2.05, 4.69) is 9.97 Å². The molecule has 5 nitrogen and oxygen atoms in total. The van der Waals surface area contributed by atoms with Gasteiger partial charge in [-0.1, -0.05) is 12.1 Å². The number of hydrogen-bond acceptors (Lipinski definition) is 3. The molecule has 1 aromatic carbocycles. The van der Waals surface area contributed by atoms with Gasteiger partial charge >= 0.3 is 5.97 Å². The molecule has 0 unspecified atom stereocenters. The van der Waals surface area contributed by atoms with E-state index >= 15 is 0 Å². The molecule has 0 spiro atoms. The quantitative estimate of drug-likeness (QED) is 0.790. The molecule has 5 heteroatoms. The second-order valence-electron chi connectivity index (χ2n) is 4.59. The highest BCUT2D eigenvalue weighted by Crippen LogP contribution is 2.18. The molecule has 1 N–H and O–H groups in total. The molecule has 2 aromatic heterocycles. The number of nitrogens with zero attached hydrogens (tertiary/aromatic N) is 3. The number of aromatic nitrogens is 3. The van der Waals surface area contributed by atoms with Crippen molar-refractivity contribution in [2.75, 3.05) is 0 Å². The average Bonchev–Trinajstić information content (AvgIpc) is 2.76. The third-order valence-electron chi connectivity index (χ3n) is 3.36. The molecule has 0 amide bonds. The van der Waals surface area contributed by atoms with Crippen LogP contribution in [0.3, 0.4) is 0 Å². The summed E-state index contributed by atoms with van der Waals surface area (Å²) in [5.41, 5.74) is 2.87. The normalized spacial score (nSPS) is 10.8. The number of imidazole rings is 1. The van der Waals surface area contributed by atoms with Crippen molar-refractivity contribution < 1.29 is 9.90 Å². The van der Waals surface area contributed by atoms with Crippen LogP contribution in [-0.2, 0) is 13.5 Å². The van der Waals surface area contributed by atoms with Crippen molar-refractivity contribution in [3.63, 3.8) is 0 Å². The lowest BCUT2D eigenvalue weighted by Crippen LogP contribution is -2.06. The van der Waals surface area contributed by atoms with E-state index in [1.54, 1.807) is 6.20 Å². The first-order valence-electron chi connectivity index (χ1n) is 6.23. The van der Waals surface area contributed by atoms with Crippen LogP contribution in [0.15, 0.2) is 42.7 Å². The number of rotatable bonds is 3. The Kier molecular flexibility index (Phi) is 2.95. The number of pyridine rings is 1. The standard InChI is InChI=1S/C15H13N3O2/c1-18-13-5-3-2-4-12(13)17-14(18)8-10-9-16-7-6-11(10)15(19)20/h2-7,9H,8H2,1H3,(H,19,20). The molecule has 3 rings (SSSR count). The van der Waals surface area contributed by atoms with Crippen LogP contribution >= 0.6 is 0 Å². The summed E-state index contributed by atoms with van der Waals surface area (Å²) in [6.07, 6.45) is 3.52. The Bertz CT molecular complexity index is 793. The zero-order valence-electron chi connectivity index (χ0n) is 10.9. The number of fused-ring (bicyclic) bond motifs is 1. The number of aryl methyl sites for hydroxylation is 1. The maximum Gasteiger partial charge on any atom is 0.336 e. The molecule has 0 bridgehead atoms. The Balaban J connectivity index is 2.06. The van der Waals surface area contributed by atoms with Gasteiger partial charge in [0.25, 0.3) is 0 Å². The van der Waals surface area contributed by atoms with E-state index in [0.29, 0.717) is 12.0 Å². The fraction of sp³-hybridized carbons (Fsp3) is 0.133. The Labute approximate surface area is 115 Å². The van der Waals surface area contributed by atoms with E-state index in [1.165, 1.54) is 12.3 Å². The number of para-hydroxylation sites is 2. The number of carbonyl (C=O) groups is 1. The van der Waals surface area contributed by atoms with Gasteiger partial charge in [0.05, 0.1) is 16.6 Å². The Morgan fingerprint density at radius 3 is 2.85 bits per heavy atom. The third kappa shape index (κ3) is 2.03. The molecule has 0 fully saturated rings. The highest BCUT2D eigenvalue weighted by molar-refractivity contribution is 5.89. The highest BCUT2D eigenvalue weighted by Gasteiger charge is 2.13. The second-order valence-corrected chi connectivity index (χ2v) is 4.59. The lowest BCUT2D eigenvalue weighted by Gasteiger charge is -2.05. The second kappa shape index (κ2) is 4.77. The van der Waals surface area contributed by atoms with Gasteiger partial charge in [-0.3, -0.25) is 4.98 Å². The van der Waals surface area contributed by atoms with E-state index in [4.69, 9.17) is 0 Å². The average molecular weight is 267 g/mol. The van der Waals surface area contributed by atoms with Gasteiger partial charge < -0.3 is 9.67 Å². The summed E-state index contributed by atoms with van der Waals surface area (Å²) >= 11 is 0. The minimum absolute atomic E-state index is 0.270. The smallest absolute Gasteiger partial charge is 0.336 e. The van der Waals surface area contributed by atoms with Crippen LogP contribution < -0.4 is 0 Å². The summed E-state index contributed by atoms with van der Waals surface area (Å²) in [5, 5.41) is 9.20. The first kappa shape index (κ1) is 12.3. The summed E-state index contributed by atoms with van der Waals surface area (Å²) in [6, 6.07) is 9.35. The van der Waals surface area contributed by atoms with E-state index in [0.717, 1.165) is 16.9 Å². The molecular formula is C15H13N3O2. The fourth-order valence-electron chi connectivity index (χ4n) is 2.30. The lowest BCUT2D eigenvalue weighted by molar-refractivity contribution is 0.0695. The van der Waals surface area contributed by atoms with Crippen LogP contribution in [0.1, 0.15) is 21.7 Å². The molecule has 20 heavy (non-hydrogen) atoms. The Morgan fingerprint density at radius 1 is 1.30 bits per heavy atom. The molecular weight excluding hydrogens is 254 g/mol. The fourth-order valence-corrected chi connectivity index (χ4v) is 2.30. The molecule has 0 saturated heterocycles. The summed E-state index contributed by atoms with van der Waals surface area (Å²) in [7, 11) is 1.93. The van der Waals surface area contributed by atoms with Crippen LogP contribution in [0.2, 0.25) is 0 Å². The van der Waals surface area contributed by atoms with Crippen LogP contribution in [0, 0.1) is 0 Å². The summed E-state index contributed by atoms with van der Waals surface area (Å²) in [6.45, 7) is 0. The maximum absolute atomic E-state index is 11.2. The van der Waals surface area contributed by atoms with Gasteiger partial charge in [-0.25, -0.2) is 9.78 Å². The largest absolute Gasteiger partial charge is 0.478 e. The number of aromatic carboxylic acids is 1. The van der Waals surface area contributed by atoms with E-state index in [1.807, 2.05) is 35.9 Å². The van der Waals surface area contributed by atoms with Gasteiger partial charge in [0.15, 0.2) is 0 Å². The Morgan fingerprint density at radius 2 is 2.10 bits per heavy atom. The molecule has 0 aliphatic carbocycles. The number of hydrogen-bond donors (Lipinski definition) is 1. The van der Waals surface area contributed by atoms with Gasteiger partial charge in [0, 0.05) is 25.9 Å². The van der Waals surface area contributed by atoms with Crippen molar-refractivity contribution >= 4 is 17.0 Å². The van der Waals surface area contributed by atoms with Gasteiger partial charge in [-0.05, 0) is 23.8 Å². The van der Waals surface area contributed by atoms with Crippen molar-refractivity contribution in [3.05, 3.63) is 59.7 Å². The minimum atomic E-state index is -0.943. The van der Waals surface area contributed by atoms with E-state index in [-0.39, 0.29) is 5.56 Å². The van der Waals surface area contributed by atoms with Crippen molar-refractivity contribution in [1.29, 1.82) is 0 Å². The summed E-state index contributed by atoms with van der Waals surface area (Å²) in [4.78, 5) is 19.8. The lowest BCUT2D eigenvalue weighted by atomic mass is 10.1. The topological polar surface area (TPSA) is 68.0 Å². The van der Waals surface area contributed by atoms with Gasteiger partial charge in [0.1, 0.15) is 5.82 Å². The molecule has 0 radical (unpaired) electrons. The van der Waals surface area contributed by atoms with Gasteiger partial charge in [-0.15, -0.1) is 0 Å². The molecule has 100 valence electrons. The predicted octanol–water partition coefficient (Wildman–Crippen LogP) is 2.26. The molecule has 3 aromatic rings. The number of carboxylic acids is 1. The van der Waals surface area contributed by atoms with E-state index in [9.17, 15) is 9.90 Å². The molecule has 0 atom stereocenters. The monoisotopic (exact) mass is 267 g/mol. The summed E-state index contributed by atoms with van der Waals surface area (Å²) < 4.78 is 1.98. The predicted molar refractivity (Wildman–Crippen MR) is 74.7 cm³/mol. The van der Waals surface area contributed by atoms with Crippen molar-refractivity contribution in [2.24, 2.45) is 7.05 Å². The zero-order chi connectivity index (χ0) is 14.1.